The zero-order valence-corrected chi connectivity index (χ0v) is 19.6. The Kier molecular flexibility index (Phi) is 5.66. The fourth-order valence-electron chi connectivity index (χ4n) is 5.77. The molecule has 4 aliphatic rings. The number of oxazole rings is 1. The quantitative estimate of drug-likeness (QED) is 0.537. The SMILES string of the molecule is O=C(Nc1ccc(OC2CC3CC3C2)c(F)c1)c1nc(N2CC3(CCOCC3)C2)oc1CC(F)(F)F.[HH]. The highest BCUT2D eigenvalue weighted by atomic mass is 19.4. The van der Waals surface area contributed by atoms with E-state index in [0.717, 1.165) is 31.7 Å². The molecule has 36 heavy (non-hydrogen) atoms. The molecule has 2 unspecified atom stereocenters. The van der Waals surface area contributed by atoms with E-state index >= 15 is 0 Å². The Morgan fingerprint density at radius 1 is 1.19 bits per heavy atom. The highest BCUT2D eigenvalue weighted by molar-refractivity contribution is 6.03. The van der Waals surface area contributed by atoms with Crippen molar-refractivity contribution in [3.63, 3.8) is 0 Å². The first kappa shape index (κ1) is 23.6. The maximum Gasteiger partial charge on any atom is 0.396 e. The largest absolute Gasteiger partial charge is 0.487 e. The molecule has 7 nitrogen and oxygen atoms in total. The topological polar surface area (TPSA) is 76.8 Å². The van der Waals surface area contributed by atoms with Gasteiger partial charge in [-0.25, -0.2) is 4.39 Å². The van der Waals surface area contributed by atoms with Crippen molar-refractivity contribution in [1.82, 2.24) is 4.98 Å². The molecule has 0 bridgehead atoms. The Labute approximate surface area is 206 Å². The van der Waals surface area contributed by atoms with Crippen molar-refractivity contribution in [2.45, 2.75) is 50.8 Å². The van der Waals surface area contributed by atoms with Crippen LogP contribution in [-0.2, 0) is 11.2 Å². The maximum absolute atomic E-state index is 14.6. The van der Waals surface area contributed by atoms with Crippen LogP contribution < -0.4 is 15.0 Å². The van der Waals surface area contributed by atoms with E-state index in [4.69, 9.17) is 13.9 Å². The molecule has 2 aliphatic heterocycles. The molecule has 1 N–H and O–H groups in total. The molecule has 1 amide bonds. The lowest BCUT2D eigenvalue weighted by Gasteiger charge is -2.51. The number of anilines is 2. The highest BCUT2D eigenvalue weighted by Crippen LogP contribution is 2.52. The van der Waals surface area contributed by atoms with E-state index in [9.17, 15) is 22.4 Å². The van der Waals surface area contributed by atoms with Gasteiger partial charge in [0, 0.05) is 44.9 Å². The van der Waals surface area contributed by atoms with Crippen LogP contribution in [0, 0.1) is 23.1 Å². The second-order valence-electron chi connectivity index (χ2n) is 10.6. The van der Waals surface area contributed by atoms with Crippen LogP contribution in [0.2, 0.25) is 0 Å². The first-order valence-electron chi connectivity index (χ1n) is 12.3. The summed E-state index contributed by atoms with van der Waals surface area (Å²) in [5, 5.41) is 2.45. The molecule has 2 saturated carbocycles. The third-order valence-corrected chi connectivity index (χ3v) is 7.82. The number of halogens is 4. The molecule has 1 spiro atoms. The molecule has 1 aromatic carbocycles. The molecule has 11 heteroatoms. The fraction of sp³-hybridized carbons (Fsp3) is 0.600. The van der Waals surface area contributed by atoms with Gasteiger partial charge in [-0.05, 0) is 56.1 Å². The number of hydrogen-bond donors (Lipinski definition) is 1. The Morgan fingerprint density at radius 2 is 1.92 bits per heavy atom. The average Bonchev–Trinajstić information content (AvgIpc) is 3.20. The summed E-state index contributed by atoms with van der Waals surface area (Å²) in [6, 6.07) is 3.96. The first-order chi connectivity index (χ1) is 17.2. The van der Waals surface area contributed by atoms with Crippen molar-refractivity contribution in [1.29, 1.82) is 0 Å². The van der Waals surface area contributed by atoms with E-state index < -0.39 is 35.8 Å². The standard InChI is InChI=1S/C25H27F4N3O4.H2/c26-18-10-16(1-2-19(18)35-17-8-14-7-15(14)9-17)30-22(33)21-20(11-25(27,28)29)36-23(31-21)32-12-24(13-32)3-5-34-6-4-24;/h1-2,10,14-15,17H,3-9,11-13H2,(H,30,33);1H. The summed E-state index contributed by atoms with van der Waals surface area (Å²) < 4.78 is 70.8. The zero-order chi connectivity index (χ0) is 25.1. The number of ether oxygens (including phenoxy) is 2. The molecule has 0 radical (unpaired) electrons. The van der Waals surface area contributed by atoms with Gasteiger partial charge in [-0.1, -0.05) is 0 Å². The van der Waals surface area contributed by atoms with Crippen molar-refractivity contribution in [2.75, 3.05) is 36.5 Å². The molecular weight excluding hydrogens is 482 g/mol. The van der Waals surface area contributed by atoms with Crippen molar-refractivity contribution in [3.8, 4) is 5.75 Å². The lowest BCUT2D eigenvalue weighted by Crippen LogP contribution is -2.58. The van der Waals surface area contributed by atoms with E-state index in [1.807, 2.05) is 0 Å². The number of fused-ring (bicyclic) bond motifs is 1. The van der Waals surface area contributed by atoms with E-state index in [2.05, 4.69) is 10.3 Å². The van der Waals surface area contributed by atoms with Crippen molar-refractivity contribution >= 4 is 17.6 Å². The molecule has 1 aromatic heterocycles. The number of alkyl halides is 3. The Bertz CT molecular complexity index is 1150. The van der Waals surface area contributed by atoms with E-state index in [0.29, 0.717) is 38.1 Å². The molecule has 2 saturated heterocycles. The zero-order valence-electron chi connectivity index (χ0n) is 19.6. The molecule has 2 atom stereocenters. The summed E-state index contributed by atoms with van der Waals surface area (Å²) in [6.45, 7) is 2.46. The molecule has 2 aliphatic carbocycles. The number of nitrogens with one attached hydrogen (secondary N) is 1. The first-order valence-corrected chi connectivity index (χ1v) is 12.3. The number of nitrogens with zero attached hydrogens (tertiary/aromatic N) is 2. The molecule has 2 aromatic rings. The summed E-state index contributed by atoms with van der Waals surface area (Å²) in [6.07, 6.45) is -1.24. The van der Waals surface area contributed by atoms with Gasteiger partial charge < -0.3 is 24.1 Å². The summed E-state index contributed by atoms with van der Waals surface area (Å²) in [5.41, 5.74) is -0.326. The average molecular weight is 512 g/mol. The summed E-state index contributed by atoms with van der Waals surface area (Å²) in [7, 11) is 0. The lowest BCUT2D eigenvalue weighted by atomic mass is 9.74. The lowest BCUT2D eigenvalue weighted by molar-refractivity contribution is -0.130. The maximum atomic E-state index is 14.6. The minimum Gasteiger partial charge on any atom is -0.487 e. The molecule has 4 fully saturated rings. The van der Waals surface area contributed by atoms with Gasteiger partial charge in [0.25, 0.3) is 11.9 Å². The molecule has 196 valence electrons. The number of aromatic nitrogens is 1. The van der Waals surface area contributed by atoms with Gasteiger partial charge in [-0.3, -0.25) is 4.79 Å². The van der Waals surface area contributed by atoms with Gasteiger partial charge in [0.15, 0.2) is 17.3 Å². The Balaban J connectivity index is 0.00000280. The monoisotopic (exact) mass is 511 g/mol. The molecular formula is C25H29F4N3O4. The van der Waals surface area contributed by atoms with Crippen LogP contribution in [0.5, 0.6) is 5.75 Å². The normalized spacial score (nSPS) is 26.4. The van der Waals surface area contributed by atoms with Crippen LogP contribution in [0.1, 0.15) is 49.8 Å². The number of benzene rings is 1. The highest BCUT2D eigenvalue weighted by Gasteiger charge is 2.47. The van der Waals surface area contributed by atoms with Crippen LogP contribution in [0.4, 0.5) is 29.3 Å². The van der Waals surface area contributed by atoms with Crippen LogP contribution in [0.25, 0.3) is 0 Å². The third-order valence-electron chi connectivity index (χ3n) is 7.82. The number of rotatable bonds is 6. The smallest absolute Gasteiger partial charge is 0.396 e. The van der Waals surface area contributed by atoms with Gasteiger partial charge in [0.2, 0.25) is 0 Å². The summed E-state index contributed by atoms with van der Waals surface area (Å²) in [5.74, 6) is -0.632. The fourth-order valence-corrected chi connectivity index (χ4v) is 5.77. The number of amides is 1. The number of carbonyl (C=O) groups is 1. The molecule has 3 heterocycles. The van der Waals surface area contributed by atoms with Crippen LogP contribution >= 0.6 is 0 Å². The van der Waals surface area contributed by atoms with Crippen LogP contribution in [0.15, 0.2) is 22.6 Å². The third kappa shape index (κ3) is 4.77. The van der Waals surface area contributed by atoms with Crippen molar-refractivity contribution < 1.29 is 37.7 Å². The Morgan fingerprint density at radius 3 is 2.58 bits per heavy atom. The Hall–Kier alpha value is -2.82. The number of carbonyl (C=O) groups excluding carboxylic acids is 1. The minimum atomic E-state index is -4.59. The minimum absolute atomic E-state index is 0. The predicted molar refractivity (Wildman–Crippen MR) is 123 cm³/mol. The van der Waals surface area contributed by atoms with Crippen molar-refractivity contribution in [2.24, 2.45) is 17.3 Å². The predicted octanol–water partition coefficient (Wildman–Crippen LogP) is 5.21. The summed E-state index contributed by atoms with van der Waals surface area (Å²) >= 11 is 0. The van der Waals surface area contributed by atoms with Crippen molar-refractivity contribution in [3.05, 3.63) is 35.5 Å². The second-order valence-corrected chi connectivity index (χ2v) is 10.6. The summed E-state index contributed by atoms with van der Waals surface area (Å²) in [4.78, 5) is 18.7. The van der Waals surface area contributed by atoms with E-state index in [1.54, 1.807) is 4.90 Å². The molecule has 6 rings (SSSR count). The van der Waals surface area contributed by atoms with Crippen LogP contribution in [-0.4, -0.2) is 49.5 Å². The number of hydrogen-bond acceptors (Lipinski definition) is 6. The van der Waals surface area contributed by atoms with Gasteiger partial charge in [-0.15, -0.1) is 0 Å². The van der Waals surface area contributed by atoms with E-state index in [1.165, 1.54) is 18.6 Å². The second kappa shape index (κ2) is 8.64. The van der Waals surface area contributed by atoms with E-state index in [-0.39, 0.29) is 30.4 Å². The van der Waals surface area contributed by atoms with Crippen LogP contribution in [0.3, 0.4) is 0 Å². The van der Waals surface area contributed by atoms with Gasteiger partial charge in [0.1, 0.15) is 12.2 Å². The van der Waals surface area contributed by atoms with Gasteiger partial charge in [0.05, 0.1) is 6.10 Å². The van der Waals surface area contributed by atoms with Gasteiger partial charge >= 0.3 is 6.18 Å². The van der Waals surface area contributed by atoms with Gasteiger partial charge in [-0.2, -0.15) is 18.2 Å².